The largest absolute Gasteiger partial charge is 0.469 e. The topological polar surface area (TPSA) is 67.2 Å². The third kappa shape index (κ3) is 6.04. The first-order valence-corrected chi connectivity index (χ1v) is 8.64. The molecule has 114 valence electrons. The first-order chi connectivity index (χ1) is 9.32. The molecule has 1 saturated carbocycles. The molecule has 0 aromatic carbocycles. The van der Waals surface area contributed by atoms with Gasteiger partial charge in [0, 0.05) is 22.3 Å². The van der Waals surface area contributed by atoms with Gasteiger partial charge in [-0.3, -0.25) is 9.00 Å². The van der Waals surface area contributed by atoms with Crippen LogP contribution in [0.1, 0.15) is 52.4 Å². The molecular formula is C15H25NO3S. The summed E-state index contributed by atoms with van der Waals surface area (Å²) in [5.74, 6) is 1.09. The number of ether oxygens (including phenoxy) is 1. The van der Waals surface area contributed by atoms with Gasteiger partial charge in [-0.2, -0.15) is 5.26 Å². The lowest BCUT2D eigenvalue weighted by Gasteiger charge is -2.15. The summed E-state index contributed by atoms with van der Waals surface area (Å²) in [7, 11) is 0.529. The summed E-state index contributed by atoms with van der Waals surface area (Å²) < 4.78 is 16.7. The number of carbonyl (C=O) groups excluding carboxylic acids is 1. The highest BCUT2D eigenvalue weighted by molar-refractivity contribution is 7.85. The van der Waals surface area contributed by atoms with Gasteiger partial charge < -0.3 is 4.74 Å². The average Bonchev–Trinajstić information content (AvgIpc) is 3.14. The molecule has 0 aliphatic heterocycles. The Morgan fingerprint density at radius 3 is 2.55 bits per heavy atom. The molecule has 20 heavy (non-hydrogen) atoms. The van der Waals surface area contributed by atoms with Crippen LogP contribution in [0.2, 0.25) is 0 Å². The lowest BCUT2D eigenvalue weighted by atomic mass is 9.89. The van der Waals surface area contributed by atoms with E-state index in [9.17, 15) is 9.00 Å². The van der Waals surface area contributed by atoms with Crippen molar-refractivity contribution in [2.75, 3.05) is 18.6 Å². The van der Waals surface area contributed by atoms with Crippen LogP contribution in [0.25, 0.3) is 0 Å². The van der Waals surface area contributed by atoms with E-state index in [2.05, 4.69) is 10.8 Å². The molecule has 1 unspecified atom stereocenters. The number of hydrogen-bond donors (Lipinski definition) is 0. The van der Waals surface area contributed by atoms with Gasteiger partial charge in [-0.25, -0.2) is 0 Å². The molecule has 4 nitrogen and oxygen atoms in total. The Kier molecular flexibility index (Phi) is 6.19. The molecule has 1 atom stereocenters. The Morgan fingerprint density at radius 1 is 1.40 bits per heavy atom. The van der Waals surface area contributed by atoms with Crippen molar-refractivity contribution in [1.29, 1.82) is 5.26 Å². The van der Waals surface area contributed by atoms with Gasteiger partial charge in [0.2, 0.25) is 0 Å². The maximum absolute atomic E-state index is 12.1. The van der Waals surface area contributed by atoms with Gasteiger partial charge in [-0.15, -0.1) is 0 Å². The molecule has 1 rings (SSSR count). The first-order valence-electron chi connectivity index (χ1n) is 7.16. The number of carbonyl (C=O) groups is 1. The summed E-state index contributed by atoms with van der Waals surface area (Å²) >= 11 is 0. The third-order valence-electron chi connectivity index (χ3n) is 3.90. The molecule has 0 saturated heterocycles. The Bertz CT molecular complexity index is 408. The van der Waals surface area contributed by atoms with Crippen molar-refractivity contribution < 1.29 is 13.7 Å². The number of esters is 1. The van der Waals surface area contributed by atoms with E-state index < -0.39 is 10.8 Å². The van der Waals surface area contributed by atoms with E-state index in [1.54, 1.807) is 0 Å². The second kappa shape index (κ2) is 7.21. The molecule has 0 bridgehead atoms. The molecule has 1 aliphatic carbocycles. The average molecular weight is 299 g/mol. The van der Waals surface area contributed by atoms with Crippen molar-refractivity contribution in [2.24, 2.45) is 10.8 Å². The first kappa shape index (κ1) is 17.2. The molecule has 0 radical (unpaired) electrons. The molecule has 0 N–H and O–H groups in total. The number of unbranched alkanes of at least 4 members (excludes halogenated alkanes) is 1. The minimum atomic E-state index is -0.866. The normalized spacial score (nSPS) is 18.1. The minimum absolute atomic E-state index is 0.0517. The van der Waals surface area contributed by atoms with Gasteiger partial charge in [-0.05, 0) is 44.9 Å². The van der Waals surface area contributed by atoms with Crippen molar-refractivity contribution in [1.82, 2.24) is 0 Å². The predicted octanol–water partition coefficient (Wildman–Crippen LogP) is 2.80. The van der Waals surface area contributed by atoms with Gasteiger partial charge in [0.1, 0.15) is 0 Å². The highest BCUT2D eigenvalue weighted by Gasteiger charge is 2.45. The van der Waals surface area contributed by atoms with E-state index in [1.165, 1.54) is 7.11 Å². The number of methoxy groups -OCH3 is 1. The fourth-order valence-electron chi connectivity index (χ4n) is 2.23. The number of hydrogen-bond acceptors (Lipinski definition) is 4. The lowest BCUT2D eigenvalue weighted by molar-refractivity contribution is -0.141. The molecule has 0 heterocycles. The maximum Gasteiger partial charge on any atom is 0.306 e. The fraction of sp³-hybridized carbons (Fsp3) is 0.867. The van der Waals surface area contributed by atoms with E-state index in [0.717, 1.165) is 32.1 Å². The number of rotatable bonds is 9. The smallest absolute Gasteiger partial charge is 0.306 e. The zero-order valence-corrected chi connectivity index (χ0v) is 13.6. The molecule has 0 aromatic heterocycles. The monoisotopic (exact) mass is 299 g/mol. The second-order valence-corrected chi connectivity index (χ2v) is 8.07. The highest BCUT2D eigenvalue weighted by atomic mass is 32.2. The third-order valence-corrected chi connectivity index (χ3v) is 5.58. The Labute approximate surface area is 124 Å². The van der Waals surface area contributed by atoms with Crippen LogP contribution < -0.4 is 0 Å². The molecule has 1 aliphatic rings. The lowest BCUT2D eigenvalue weighted by Crippen LogP contribution is -2.19. The van der Waals surface area contributed by atoms with E-state index in [0.29, 0.717) is 17.9 Å². The van der Waals surface area contributed by atoms with Crippen LogP contribution in [0, 0.1) is 22.2 Å². The summed E-state index contributed by atoms with van der Waals surface area (Å²) in [5, 5.41) is 8.92. The molecule has 5 heteroatoms. The van der Waals surface area contributed by atoms with Gasteiger partial charge in [0.05, 0.1) is 25.0 Å². The predicted molar refractivity (Wildman–Crippen MR) is 79.4 cm³/mol. The van der Waals surface area contributed by atoms with Gasteiger partial charge in [-0.1, -0.05) is 6.42 Å². The quantitative estimate of drug-likeness (QED) is 0.485. The number of nitriles is 1. The van der Waals surface area contributed by atoms with E-state index in [1.807, 2.05) is 13.8 Å². The molecular weight excluding hydrogens is 274 g/mol. The number of nitrogens with zero attached hydrogens (tertiary/aromatic N) is 1. The van der Waals surface area contributed by atoms with E-state index in [-0.39, 0.29) is 16.8 Å². The fourth-order valence-corrected chi connectivity index (χ4v) is 3.97. The Balaban J connectivity index is 2.21. The molecule has 0 amide bonds. The summed E-state index contributed by atoms with van der Waals surface area (Å²) in [5.41, 5.74) is -0.339. The van der Waals surface area contributed by atoms with Crippen molar-refractivity contribution in [3.8, 4) is 6.07 Å². The molecule has 1 fully saturated rings. The van der Waals surface area contributed by atoms with Crippen LogP contribution in [0.15, 0.2) is 0 Å². The van der Waals surface area contributed by atoms with Gasteiger partial charge >= 0.3 is 5.97 Å². The van der Waals surface area contributed by atoms with Crippen molar-refractivity contribution >= 4 is 16.8 Å². The van der Waals surface area contributed by atoms with Crippen LogP contribution in [0.3, 0.4) is 0 Å². The minimum Gasteiger partial charge on any atom is -0.469 e. The molecule has 0 spiro atoms. The van der Waals surface area contributed by atoms with Crippen LogP contribution in [-0.4, -0.2) is 28.8 Å². The molecule has 0 aromatic rings. The Hall–Kier alpha value is -0.890. The highest BCUT2D eigenvalue weighted by Crippen LogP contribution is 2.49. The van der Waals surface area contributed by atoms with Gasteiger partial charge in [0.25, 0.3) is 0 Å². The van der Waals surface area contributed by atoms with Crippen LogP contribution >= 0.6 is 0 Å². The van der Waals surface area contributed by atoms with Crippen LogP contribution in [0.4, 0.5) is 0 Å². The Morgan fingerprint density at radius 2 is 2.05 bits per heavy atom. The second-order valence-electron chi connectivity index (χ2n) is 6.49. The van der Waals surface area contributed by atoms with Crippen LogP contribution in [-0.2, 0) is 20.3 Å². The zero-order valence-electron chi connectivity index (χ0n) is 12.7. The zero-order chi connectivity index (χ0) is 15.2. The van der Waals surface area contributed by atoms with E-state index in [4.69, 9.17) is 5.26 Å². The van der Waals surface area contributed by atoms with Crippen molar-refractivity contribution in [3.63, 3.8) is 0 Å². The summed E-state index contributed by atoms with van der Waals surface area (Å²) in [4.78, 5) is 11.3. The maximum atomic E-state index is 12.1. The van der Waals surface area contributed by atoms with Crippen molar-refractivity contribution in [3.05, 3.63) is 0 Å². The van der Waals surface area contributed by atoms with Crippen molar-refractivity contribution in [2.45, 2.75) is 52.4 Å². The van der Waals surface area contributed by atoms with E-state index >= 15 is 0 Å². The summed E-state index contributed by atoms with van der Waals surface area (Å²) in [6.45, 7) is 3.86. The summed E-state index contributed by atoms with van der Waals surface area (Å²) in [6.07, 6.45) is 5.01. The van der Waals surface area contributed by atoms with Crippen LogP contribution in [0.5, 0.6) is 0 Å². The SMILES string of the molecule is COC(=O)CC1(CS(=O)CCCCC(C)(C)C#N)CC1. The van der Waals surface area contributed by atoms with Gasteiger partial charge in [0.15, 0.2) is 0 Å². The standard InChI is InChI=1S/C15H25NO3S/c1-14(2,11-16)6-4-5-9-20(18)12-15(7-8-15)10-13(17)19-3/h4-10,12H2,1-3H3. The summed E-state index contributed by atoms with van der Waals surface area (Å²) in [6, 6.07) is 2.28.